The summed E-state index contributed by atoms with van der Waals surface area (Å²) in [6, 6.07) is 75.5. The summed E-state index contributed by atoms with van der Waals surface area (Å²) in [4.78, 5) is 9.66. The van der Waals surface area contributed by atoms with Gasteiger partial charge in [0.05, 0.1) is 0 Å². The molecule has 5 nitrogen and oxygen atoms in total. The largest absolute Gasteiger partial charge is 0.509 e. The van der Waals surface area contributed by atoms with E-state index in [1.54, 1.807) is 0 Å². The van der Waals surface area contributed by atoms with Gasteiger partial charge in [0.2, 0.25) is 0 Å². The molecule has 0 N–H and O–H groups in total. The standard InChI is InChI=1S/C71H69N4O.Pt/c1-67(2,3)51-31-35-62-61(42-51)60-34-33-59(46-64(60)75(62)66-44-53(37-38-72-66)69(7,8)48-23-16-13-17-24-48)76-58-30-22-29-56(45-58)73-47-74(65-43-52(68(4,5)6)32-36-63(65)73)57-40-54(70(9,10)49-25-18-14-19-26-49)39-55(41-57)71(11,12)50-27-20-15-21-28-50;/h13-44,47H,1-12H3;/q-3;. The van der Waals surface area contributed by atoms with Crippen LogP contribution in [0.2, 0.25) is 0 Å². The van der Waals surface area contributed by atoms with Crippen molar-refractivity contribution in [3.63, 3.8) is 0 Å². The van der Waals surface area contributed by atoms with Crippen molar-refractivity contribution in [2.75, 3.05) is 9.80 Å². The van der Waals surface area contributed by atoms with Crippen LogP contribution in [0.1, 0.15) is 128 Å². The number of ether oxygens (including phenoxy) is 1. The normalized spacial score (nSPS) is 13.2. The van der Waals surface area contributed by atoms with Crippen LogP contribution in [0.5, 0.6) is 11.5 Å². The molecule has 0 unspecified atom stereocenters. The van der Waals surface area contributed by atoms with Gasteiger partial charge in [0.1, 0.15) is 5.82 Å². The number of hydrogen-bond donors (Lipinski definition) is 0. The first kappa shape index (κ1) is 53.2. The minimum Gasteiger partial charge on any atom is -0.509 e. The van der Waals surface area contributed by atoms with Crippen LogP contribution < -0.4 is 14.5 Å². The van der Waals surface area contributed by atoms with Crippen LogP contribution in [0, 0.1) is 18.8 Å². The third-order valence-electron chi connectivity index (χ3n) is 16.2. The SMILES string of the molecule is CC(C)(C)c1ccc2c(c1)N(c1cc(C(C)(C)c3ccccc3)cc(C(C)(C)c3ccccc3)c1)[CH-]N2c1[c-]c(Oc2[c-]c3c(cc2)c2cc(C(C)(C)C)ccc2n3-c2cc(C(C)(C)c3ccccc3)ccn2)ccc1.[Pt]. The summed E-state index contributed by atoms with van der Waals surface area (Å²) in [7, 11) is 0. The monoisotopic (exact) mass is 1190 g/mol. The maximum Gasteiger partial charge on any atom is 0.135 e. The van der Waals surface area contributed by atoms with E-state index in [0.717, 1.165) is 50.4 Å². The molecule has 0 amide bonds. The van der Waals surface area contributed by atoms with E-state index in [1.807, 2.05) is 18.3 Å². The van der Waals surface area contributed by atoms with Gasteiger partial charge < -0.3 is 19.1 Å². The van der Waals surface area contributed by atoms with Gasteiger partial charge in [-0.1, -0.05) is 204 Å². The Kier molecular flexibility index (Phi) is 13.8. The molecule has 0 atom stereocenters. The molecule has 11 rings (SSSR count). The minimum absolute atomic E-state index is 0. The van der Waals surface area contributed by atoms with Gasteiger partial charge in [0.15, 0.2) is 0 Å². The van der Waals surface area contributed by atoms with Crippen LogP contribution in [-0.4, -0.2) is 9.55 Å². The first-order valence-electron chi connectivity index (χ1n) is 26.8. The van der Waals surface area contributed by atoms with Crippen molar-refractivity contribution in [2.24, 2.45) is 0 Å². The number of pyridine rings is 1. The number of nitrogens with zero attached hydrogens (tertiary/aromatic N) is 4. The van der Waals surface area contributed by atoms with Crippen molar-refractivity contribution >= 4 is 44.6 Å². The van der Waals surface area contributed by atoms with E-state index >= 15 is 0 Å². The molecule has 1 aliphatic rings. The fourth-order valence-electron chi connectivity index (χ4n) is 10.9. The number of fused-ring (bicyclic) bond motifs is 4. The second-order valence-electron chi connectivity index (χ2n) is 24.4. The van der Waals surface area contributed by atoms with Crippen LogP contribution in [-0.2, 0) is 48.1 Å². The van der Waals surface area contributed by atoms with Crippen molar-refractivity contribution in [2.45, 2.75) is 110 Å². The molecule has 6 heteroatoms. The zero-order chi connectivity index (χ0) is 53.4. The van der Waals surface area contributed by atoms with Crippen LogP contribution in [0.15, 0.2) is 194 Å². The Labute approximate surface area is 471 Å². The summed E-state index contributed by atoms with van der Waals surface area (Å²) >= 11 is 0. The summed E-state index contributed by atoms with van der Waals surface area (Å²) < 4.78 is 9.09. The fourth-order valence-corrected chi connectivity index (χ4v) is 10.9. The molecule has 392 valence electrons. The van der Waals surface area contributed by atoms with E-state index in [1.165, 1.54) is 44.5 Å². The van der Waals surface area contributed by atoms with Crippen molar-refractivity contribution in [1.29, 1.82) is 0 Å². The summed E-state index contributed by atoms with van der Waals surface area (Å²) in [6.45, 7) is 29.8. The molecule has 3 heterocycles. The van der Waals surface area contributed by atoms with E-state index in [0.29, 0.717) is 11.5 Å². The number of benzene rings is 8. The molecule has 0 spiro atoms. The van der Waals surface area contributed by atoms with Crippen LogP contribution in [0.3, 0.4) is 0 Å². The Morgan fingerprint density at radius 3 is 1.55 bits per heavy atom. The Balaban J connectivity index is 0.00000672. The number of anilines is 4. The molecular weight excluding hydrogens is 1120 g/mol. The smallest absolute Gasteiger partial charge is 0.135 e. The zero-order valence-corrected chi connectivity index (χ0v) is 48.8. The van der Waals surface area contributed by atoms with E-state index in [9.17, 15) is 0 Å². The summed E-state index contributed by atoms with van der Waals surface area (Å²) in [5.41, 5.74) is 15.2. The van der Waals surface area contributed by atoms with E-state index in [-0.39, 0.29) is 48.1 Å². The molecule has 10 aromatic rings. The van der Waals surface area contributed by atoms with Gasteiger partial charge >= 0.3 is 0 Å². The zero-order valence-electron chi connectivity index (χ0n) is 46.6. The molecule has 0 radical (unpaired) electrons. The summed E-state index contributed by atoms with van der Waals surface area (Å²) in [6.07, 6.45) is 1.93. The third kappa shape index (κ3) is 9.93. The van der Waals surface area contributed by atoms with E-state index < -0.39 is 0 Å². The summed E-state index contributed by atoms with van der Waals surface area (Å²) in [5.74, 6) is 2.02. The van der Waals surface area contributed by atoms with Gasteiger partial charge in [-0.05, 0) is 103 Å². The average Bonchev–Trinajstić information content (AvgIpc) is 4.01. The second-order valence-corrected chi connectivity index (χ2v) is 24.4. The first-order valence-corrected chi connectivity index (χ1v) is 26.8. The van der Waals surface area contributed by atoms with Crippen molar-refractivity contribution in [3.05, 3.63) is 258 Å². The maximum atomic E-state index is 6.84. The Morgan fingerprint density at radius 1 is 0.416 bits per heavy atom. The molecule has 77 heavy (non-hydrogen) atoms. The van der Waals surface area contributed by atoms with Gasteiger partial charge in [-0.15, -0.1) is 48.1 Å². The molecule has 0 fully saturated rings. The van der Waals surface area contributed by atoms with Crippen LogP contribution in [0.25, 0.3) is 27.6 Å². The van der Waals surface area contributed by atoms with Gasteiger partial charge in [0.25, 0.3) is 0 Å². The second kappa shape index (κ2) is 20.0. The van der Waals surface area contributed by atoms with Crippen LogP contribution >= 0.6 is 0 Å². The van der Waals surface area contributed by atoms with E-state index in [2.05, 4.69) is 292 Å². The quantitative estimate of drug-likeness (QED) is 0.121. The van der Waals surface area contributed by atoms with Crippen molar-refractivity contribution in [3.8, 4) is 17.3 Å². The maximum absolute atomic E-state index is 6.84. The predicted molar refractivity (Wildman–Crippen MR) is 317 cm³/mol. The summed E-state index contributed by atoms with van der Waals surface area (Å²) in [5, 5.41) is 2.24. The number of rotatable bonds is 11. The minimum atomic E-state index is -0.280. The first-order chi connectivity index (χ1) is 36.2. The van der Waals surface area contributed by atoms with Crippen molar-refractivity contribution < 1.29 is 25.8 Å². The predicted octanol–water partition coefficient (Wildman–Crippen LogP) is 18.6. The van der Waals surface area contributed by atoms with Gasteiger partial charge in [-0.2, -0.15) is 12.1 Å². The van der Waals surface area contributed by atoms with Crippen LogP contribution in [0.4, 0.5) is 22.7 Å². The van der Waals surface area contributed by atoms with Crippen molar-refractivity contribution in [1.82, 2.24) is 9.55 Å². The topological polar surface area (TPSA) is 33.5 Å². The van der Waals surface area contributed by atoms with E-state index in [4.69, 9.17) is 9.72 Å². The molecular formula is C71H69N4OPt-3. The third-order valence-corrected chi connectivity index (χ3v) is 16.2. The fraction of sp³-hybridized carbons (Fsp3) is 0.239. The number of hydrogen-bond acceptors (Lipinski definition) is 4. The molecule has 1 aliphatic heterocycles. The Bertz CT molecular complexity index is 3700. The molecule has 0 aliphatic carbocycles. The molecule has 0 bridgehead atoms. The average molecular weight is 1190 g/mol. The van der Waals surface area contributed by atoms with Gasteiger partial charge in [-0.25, -0.2) is 4.98 Å². The Morgan fingerprint density at radius 2 is 0.961 bits per heavy atom. The van der Waals surface area contributed by atoms with Gasteiger partial charge in [-0.3, -0.25) is 0 Å². The molecule has 2 aromatic heterocycles. The Hall–Kier alpha value is -7.20. The molecule has 8 aromatic carbocycles. The molecule has 0 saturated carbocycles. The number of aromatic nitrogens is 2. The molecule has 0 saturated heterocycles. The van der Waals surface area contributed by atoms with Gasteiger partial charge in [0, 0.05) is 77.6 Å².